The summed E-state index contributed by atoms with van der Waals surface area (Å²) in [6.07, 6.45) is 6.58. The quantitative estimate of drug-likeness (QED) is 0.839. The molecule has 4 heteroatoms. The number of carbonyl (C=O) groups excluding carboxylic acids is 1. The Labute approximate surface area is 95.3 Å². The van der Waals surface area contributed by atoms with Crippen LogP contribution in [0.4, 0.5) is 0 Å². The highest BCUT2D eigenvalue weighted by molar-refractivity contribution is 5.79. The molecule has 1 aliphatic rings. The van der Waals surface area contributed by atoms with Gasteiger partial charge in [0, 0.05) is 32.0 Å². The molecule has 1 N–H and O–H groups in total. The van der Waals surface area contributed by atoms with Crippen molar-refractivity contribution in [1.29, 1.82) is 0 Å². The van der Waals surface area contributed by atoms with Crippen molar-refractivity contribution in [3.8, 4) is 0 Å². The van der Waals surface area contributed by atoms with Crippen molar-refractivity contribution in [1.82, 2.24) is 9.78 Å². The van der Waals surface area contributed by atoms with Gasteiger partial charge in [0.05, 0.1) is 11.8 Å². The third-order valence-electron chi connectivity index (χ3n) is 3.28. The van der Waals surface area contributed by atoms with Gasteiger partial charge in [0.15, 0.2) is 0 Å². The molecule has 1 heterocycles. The average molecular weight is 222 g/mol. The Morgan fingerprint density at radius 3 is 2.75 bits per heavy atom. The van der Waals surface area contributed by atoms with Crippen molar-refractivity contribution in [3.05, 3.63) is 18.0 Å². The monoisotopic (exact) mass is 222 g/mol. The number of hydrogen-bond acceptors (Lipinski definition) is 3. The minimum atomic E-state index is -0.699. The van der Waals surface area contributed by atoms with Crippen molar-refractivity contribution in [2.75, 3.05) is 0 Å². The number of aryl methyl sites for hydroxylation is 1. The largest absolute Gasteiger partial charge is 0.390 e. The Bertz CT molecular complexity index is 374. The molecular formula is C12H18N2O2. The number of ketones is 1. The van der Waals surface area contributed by atoms with Crippen LogP contribution in [0.5, 0.6) is 0 Å². The fraction of sp³-hybridized carbons (Fsp3) is 0.667. The molecule has 88 valence electrons. The van der Waals surface area contributed by atoms with Gasteiger partial charge in [-0.05, 0) is 25.3 Å². The van der Waals surface area contributed by atoms with Crippen molar-refractivity contribution in [3.63, 3.8) is 0 Å². The topological polar surface area (TPSA) is 55.1 Å². The van der Waals surface area contributed by atoms with Crippen molar-refractivity contribution >= 4 is 5.78 Å². The number of aromatic nitrogens is 2. The Kier molecular flexibility index (Phi) is 3.10. The number of nitrogens with zero attached hydrogens (tertiary/aromatic N) is 2. The molecule has 1 aliphatic carbocycles. The van der Waals surface area contributed by atoms with Gasteiger partial charge in [-0.3, -0.25) is 9.48 Å². The summed E-state index contributed by atoms with van der Waals surface area (Å²) in [7, 11) is 0. The third-order valence-corrected chi connectivity index (χ3v) is 3.28. The van der Waals surface area contributed by atoms with E-state index < -0.39 is 5.60 Å². The molecule has 1 saturated carbocycles. The lowest BCUT2D eigenvalue weighted by atomic mass is 9.80. The molecule has 0 aromatic carbocycles. The van der Waals surface area contributed by atoms with E-state index in [9.17, 15) is 9.90 Å². The molecule has 1 aromatic heterocycles. The number of aliphatic hydroxyl groups is 1. The minimum Gasteiger partial charge on any atom is -0.390 e. The van der Waals surface area contributed by atoms with Gasteiger partial charge < -0.3 is 5.11 Å². The second-order valence-corrected chi connectivity index (χ2v) is 4.64. The van der Waals surface area contributed by atoms with Gasteiger partial charge in [0.2, 0.25) is 0 Å². The van der Waals surface area contributed by atoms with Crippen LogP contribution in [0.25, 0.3) is 0 Å². The maximum Gasteiger partial charge on any atom is 0.133 e. The lowest BCUT2D eigenvalue weighted by molar-refractivity contribution is -0.125. The van der Waals surface area contributed by atoms with Crippen molar-refractivity contribution in [2.45, 2.75) is 51.2 Å². The zero-order chi connectivity index (χ0) is 11.6. The molecule has 2 rings (SSSR count). The molecule has 0 amide bonds. The second kappa shape index (κ2) is 4.37. The van der Waals surface area contributed by atoms with E-state index in [0.29, 0.717) is 32.1 Å². The Morgan fingerprint density at radius 1 is 1.50 bits per heavy atom. The van der Waals surface area contributed by atoms with E-state index in [0.717, 1.165) is 12.1 Å². The van der Waals surface area contributed by atoms with Gasteiger partial charge in [-0.1, -0.05) is 0 Å². The fourth-order valence-electron chi connectivity index (χ4n) is 2.22. The number of hydrogen-bond donors (Lipinski definition) is 1. The summed E-state index contributed by atoms with van der Waals surface area (Å²) in [5.41, 5.74) is 0.355. The summed E-state index contributed by atoms with van der Waals surface area (Å²) >= 11 is 0. The van der Waals surface area contributed by atoms with Gasteiger partial charge in [-0.2, -0.15) is 5.10 Å². The van der Waals surface area contributed by atoms with E-state index in [-0.39, 0.29) is 5.78 Å². The summed E-state index contributed by atoms with van der Waals surface area (Å²) in [6, 6.07) is 0. The predicted octanol–water partition coefficient (Wildman–Crippen LogP) is 1.32. The van der Waals surface area contributed by atoms with Crippen LogP contribution >= 0.6 is 0 Å². The molecule has 0 saturated heterocycles. The molecule has 16 heavy (non-hydrogen) atoms. The zero-order valence-electron chi connectivity index (χ0n) is 9.65. The van der Waals surface area contributed by atoms with E-state index in [2.05, 4.69) is 5.10 Å². The van der Waals surface area contributed by atoms with Crippen LogP contribution in [0.15, 0.2) is 12.4 Å². The fourth-order valence-corrected chi connectivity index (χ4v) is 2.22. The van der Waals surface area contributed by atoms with Gasteiger partial charge in [-0.25, -0.2) is 0 Å². The molecule has 0 spiro atoms. The summed E-state index contributed by atoms with van der Waals surface area (Å²) in [5, 5.41) is 14.5. The van der Waals surface area contributed by atoms with Crippen LogP contribution < -0.4 is 0 Å². The van der Waals surface area contributed by atoms with E-state index in [1.54, 1.807) is 6.20 Å². The highest BCUT2D eigenvalue weighted by Crippen LogP contribution is 2.29. The molecule has 0 unspecified atom stereocenters. The van der Waals surface area contributed by atoms with E-state index >= 15 is 0 Å². The normalized spacial score (nSPS) is 20.0. The summed E-state index contributed by atoms with van der Waals surface area (Å²) in [6.45, 7) is 2.88. The molecule has 1 fully saturated rings. The molecular weight excluding hydrogens is 204 g/mol. The van der Waals surface area contributed by atoms with E-state index in [4.69, 9.17) is 0 Å². The minimum absolute atomic E-state index is 0.272. The van der Waals surface area contributed by atoms with Crippen molar-refractivity contribution in [2.24, 2.45) is 0 Å². The molecule has 0 radical (unpaired) electrons. The SMILES string of the molecule is CCn1cc(CC2(O)CCC(=O)CC2)cn1. The van der Waals surface area contributed by atoms with Crippen LogP contribution in [-0.2, 0) is 17.8 Å². The van der Waals surface area contributed by atoms with Crippen LogP contribution in [0.3, 0.4) is 0 Å². The molecule has 0 aliphatic heterocycles. The number of rotatable bonds is 3. The number of Topliss-reactive ketones (excluding diaryl/α,β-unsaturated/α-hetero) is 1. The van der Waals surface area contributed by atoms with Crippen LogP contribution in [0, 0.1) is 0 Å². The molecule has 1 aromatic rings. The lowest BCUT2D eigenvalue weighted by Crippen LogP contribution is -2.36. The van der Waals surface area contributed by atoms with Crippen LogP contribution in [0.1, 0.15) is 38.2 Å². The number of carbonyl (C=O) groups is 1. The van der Waals surface area contributed by atoms with E-state index in [1.807, 2.05) is 17.8 Å². The van der Waals surface area contributed by atoms with Crippen LogP contribution in [0.2, 0.25) is 0 Å². The van der Waals surface area contributed by atoms with Gasteiger partial charge in [0.25, 0.3) is 0 Å². The van der Waals surface area contributed by atoms with Gasteiger partial charge in [-0.15, -0.1) is 0 Å². The van der Waals surface area contributed by atoms with Gasteiger partial charge >= 0.3 is 0 Å². The lowest BCUT2D eigenvalue weighted by Gasteiger charge is -2.30. The summed E-state index contributed by atoms with van der Waals surface area (Å²) in [5.74, 6) is 0.272. The standard InChI is InChI=1S/C12H18N2O2/c1-2-14-9-10(8-13-14)7-12(16)5-3-11(15)4-6-12/h8-9,16H,2-7H2,1H3. The first-order valence-electron chi connectivity index (χ1n) is 5.87. The molecule has 0 bridgehead atoms. The maximum atomic E-state index is 11.1. The highest BCUT2D eigenvalue weighted by Gasteiger charge is 2.32. The zero-order valence-corrected chi connectivity index (χ0v) is 9.65. The third kappa shape index (κ3) is 2.50. The first kappa shape index (κ1) is 11.3. The Hall–Kier alpha value is -1.16. The summed E-state index contributed by atoms with van der Waals surface area (Å²) < 4.78 is 1.85. The van der Waals surface area contributed by atoms with Gasteiger partial charge in [0.1, 0.15) is 5.78 Å². The maximum absolute atomic E-state index is 11.1. The molecule has 4 nitrogen and oxygen atoms in total. The first-order valence-corrected chi connectivity index (χ1v) is 5.87. The van der Waals surface area contributed by atoms with Crippen LogP contribution in [-0.4, -0.2) is 26.3 Å². The predicted molar refractivity (Wildman–Crippen MR) is 60.0 cm³/mol. The average Bonchev–Trinajstić information content (AvgIpc) is 2.70. The van der Waals surface area contributed by atoms with E-state index in [1.165, 1.54) is 0 Å². The Balaban J connectivity index is 2.00. The smallest absolute Gasteiger partial charge is 0.133 e. The second-order valence-electron chi connectivity index (χ2n) is 4.64. The molecule has 0 atom stereocenters. The van der Waals surface area contributed by atoms with Crippen molar-refractivity contribution < 1.29 is 9.90 Å². The Morgan fingerprint density at radius 2 is 2.19 bits per heavy atom. The highest BCUT2D eigenvalue weighted by atomic mass is 16.3. The first-order chi connectivity index (χ1) is 7.61. The summed E-state index contributed by atoms with van der Waals surface area (Å²) in [4.78, 5) is 11.1.